The fourth-order valence-corrected chi connectivity index (χ4v) is 4.07. The van der Waals surface area contributed by atoms with E-state index in [0.717, 1.165) is 0 Å². The first-order valence-corrected chi connectivity index (χ1v) is 9.71. The third-order valence-electron chi connectivity index (χ3n) is 4.18. The van der Waals surface area contributed by atoms with E-state index in [-0.39, 0.29) is 17.3 Å². The second-order valence-corrected chi connectivity index (χ2v) is 8.23. The van der Waals surface area contributed by atoms with Crippen LogP contribution >= 0.6 is 0 Å². The van der Waals surface area contributed by atoms with Gasteiger partial charge in [0.25, 0.3) is 0 Å². The van der Waals surface area contributed by atoms with Crippen LogP contribution in [0.15, 0.2) is 42.6 Å². The summed E-state index contributed by atoms with van der Waals surface area (Å²) in [7, 11) is -2.98. The Labute approximate surface area is 144 Å². The molecular weight excluding hydrogens is 340 g/mol. The number of benzene rings is 1. The van der Waals surface area contributed by atoms with E-state index in [1.807, 2.05) is 17.0 Å². The molecule has 0 saturated carbocycles. The van der Waals surface area contributed by atoms with Gasteiger partial charge in [-0.2, -0.15) is 0 Å². The van der Waals surface area contributed by atoms with Crippen molar-refractivity contribution in [2.75, 3.05) is 29.5 Å². The van der Waals surface area contributed by atoms with Crippen LogP contribution in [-0.4, -0.2) is 53.1 Å². The minimum Gasteiger partial charge on any atom is -0.508 e. The van der Waals surface area contributed by atoms with Gasteiger partial charge in [0.1, 0.15) is 11.3 Å². The maximum atomic E-state index is 11.7. The number of rotatable bonds is 2. The van der Waals surface area contributed by atoms with Gasteiger partial charge in [0.05, 0.1) is 17.0 Å². The van der Waals surface area contributed by atoms with Crippen LogP contribution in [0.1, 0.15) is 0 Å². The molecule has 7 nitrogen and oxygen atoms in total. The van der Waals surface area contributed by atoms with Gasteiger partial charge < -0.3 is 10.0 Å². The fraction of sp³-hybridized carbons (Fsp3) is 0.235. The van der Waals surface area contributed by atoms with Crippen molar-refractivity contribution in [1.29, 1.82) is 0 Å². The predicted molar refractivity (Wildman–Crippen MR) is 95.3 cm³/mol. The molecule has 0 unspecified atom stereocenters. The van der Waals surface area contributed by atoms with Gasteiger partial charge in [0.2, 0.25) is 0 Å². The summed E-state index contributed by atoms with van der Waals surface area (Å²) >= 11 is 0. The molecule has 0 radical (unpaired) electrons. The number of nitrogens with zero attached hydrogens (tertiary/aromatic N) is 4. The van der Waals surface area contributed by atoms with E-state index in [9.17, 15) is 13.5 Å². The zero-order chi connectivity index (χ0) is 17.4. The number of phenolic OH excluding ortho intramolecular Hbond substituents is 1. The Morgan fingerprint density at radius 1 is 1.04 bits per heavy atom. The van der Waals surface area contributed by atoms with Crippen molar-refractivity contribution in [2.24, 2.45) is 0 Å². The molecular formula is C17H16N4O3S. The van der Waals surface area contributed by atoms with Crippen LogP contribution in [0.25, 0.3) is 22.4 Å². The SMILES string of the molecule is O=S1(=O)CCN(c2nc(-c3cccc(O)c3)nc3cccnc23)CC1. The van der Waals surface area contributed by atoms with Crippen molar-refractivity contribution in [2.45, 2.75) is 0 Å². The van der Waals surface area contributed by atoms with E-state index < -0.39 is 9.84 Å². The fourth-order valence-electron chi connectivity index (χ4n) is 2.87. The number of fused-ring (bicyclic) bond motifs is 1. The summed E-state index contributed by atoms with van der Waals surface area (Å²) in [5.74, 6) is 1.44. The van der Waals surface area contributed by atoms with Crippen molar-refractivity contribution in [3.05, 3.63) is 42.6 Å². The highest BCUT2D eigenvalue weighted by Crippen LogP contribution is 2.28. The summed E-state index contributed by atoms with van der Waals surface area (Å²) in [4.78, 5) is 15.5. The molecule has 1 aromatic carbocycles. The van der Waals surface area contributed by atoms with Crippen molar-refractivity contribution in [3.63, 3.8) is 0 Å². The average Bonchev–Trinajstić information content (AvgIpc) is 2.61. The van der Waals surface area contributed by atoms with Gasteiger partial charge in [-0.15, -0.1) is 0 Å². The molecule has 3 aromatic rings. The molecule has 25 heavy (non-hydrogen) atoms. The van der Waals surface area contributed by atoms with Gasteiger partial charge in [-0.05, 0) is 24.3 Å². The Kier molecular flexibility index (Phi) is 3.76. The average molecular weight is 356 g/mol. The van der Waals surface area contributed by atoms with Crippen LogP contribution in [-0.2, 0) is 9.84 Å². The molecule has 4 rings (SSSR count). The highest BCUT2D eigenvalue weighted by Gasteiger charge is 2.25. The molecule has 2 aromatic heterocycles. The summed E-state index contributed by atoms with van der Waals surface area (Å²) in [5.41, 5.74) is 2.02. The highest BCUT2D eigenvalue weighted by molar-refractivity contribution is 7.91. The van der Waals surface area contributed by atoms with Crippen LogP contribution in [0.3, 0.4) is 0 Å². The lowest BCUT2D eigenvalue weighted by Crippen LogP contribution is -2.41. The van der Waals surface area contributed by atoms with Gasteiger partial charge >= 0.3 is 0 Å². The zero-order valence-electron chi connectivity index (χ0n) is 13.3. The topological polar surface area (TPSA) is 96.3 Å². The molecule has 8 heteroatoms. The molecule has 3 heterocycles. The second-order valence-electron chi connectivity index (χ2n) is 5.93. The maximum Gasteiger partial charge on any atom is 0.162 e. The van der Waals surface area contributed by atoms with Crippen molar-refractivity contribution in [3.8, 4) is 17.1 Å². The lowest BCUT2D eigenvalue weighted by molar-refractivity contribution is 0.475. The first-order chi connectivity index (χ1) is 12.0. The minimum absolute atomic E-state index is 0.104. The number of hydrogen-bond donors (Lipinski definition) is 1. The predicted octanol–water partition coefficient (Wildman–Crippen LogP) is 1.63. The van der Waals surface area contributed by atoms with E-state index in [1.54, 1.807) is 30.5 Å². The van der Waals surface area contributed by atoms with E-state index in [0.29, 0.717) is 41.3 Å². The summed E-state index contributed by atoms with van der Waals surface area (Å²) in [6, 6.07) is 10.4. The molecule has 1 aliphatic heterocycles. The molecule has 128 valence electrons. The summed E-state index contributed by atoms with van der Waals surface area (Å²) in [6.45, 7) is 0.759. The Morgan fingerprint density at radius 2 is 1.84 bits per heavy atom. The molecule has 0 bridgehead atoms. The van der Waals surface area contributed by atoms with E-state index >= 15 is 0 Å². The van der Waals surface area contributed by atoms with Crippen LogP contribution in [0.5, 0.6) is 5.75 Å². The third kappa shape index (κ3) is 3.12. The molecule has 1 N–H and O–H groups in total. The Bertz CT molecular complexity index is 1040. The normalized spacial score (nSPS) is 16.9. The zero-order valence-corrected chi connectivity index (χ0v) is 14.1. The van der Waals surface area contributed by atoms with Crippen LogP contribution < -0.4 is 4.90 Å². The van der Waals surface area contributed by atoms with E-state index in [1.165, 1.54) is 0 Å². The lowest BCUT2D eigenvalue weighted by Gasteiger charge is -2.28. The van der Waals surface area contributed by atoms with Crippen molar-refractivity contribution >= 4 is 26.7 Å². The molecule has 1 saturated heterocycles. The largest absolute Gasteiger partial charge is 0.508 e. The number of pyridine rings is 1. The summed E-state index contributed by atoms with van der Waals surface area (Å²) in [5, 5.41) is 9.72. The Balaban J connectivity index is 1.85. The highest BCUT2D eigenvalue weighted by atomic mass is 32.2. The smallest absolute Gasteiger partial charge is 0.162 e. The monoisotopic (exact) mass is 356 g/mol. The molecule has 1 aliphatic rings. The molecule has 0 spiro atoms. The number of aromatic hydroxyl groups is 1. The van der Waals surface area contributed by atoms with Gasteiger partial charge in [0.15, 0.2) is 21.5 Å². The van der Waals surface area contributed by atoms with Crippen LogP contribution in [0.2, 0.25) is 0 Å². The van der Waals surface area contributed by atoms with Crippen molar-refractivity contribution < 1.29 is 13.5 Å². The first kappa shape index (κ1) is 15.8. The molecule has 0 atom stereocenters. The number of sulfone groups is 1. The maximum absolute atomic E-state index is 11.7. The van der Waals surface area contributed by atoms with Gasteiger partial charge in [-0.3, -0.25) is 4.98 Å². The second kappa shape index (κ2) is 5.96. The summed E-state index contributed by atoms with van der Waals surface area (Å²) in [6.07, 6.45) is 1.67. The van der Waals surface area contributed by atoms with Gasteiger partial charge in [0, 0.05) is 24.8 Å². The number of anilines is 1. The van der Waals surface area contributed by atoms with Crippen molar-refractivity contribution in [1.82, 2.24) is 15.0 Å². The molecule has 1 fully saturated rings. The van der Waals surface area contributed by atoms with Crippen LogP contribution in [0.4, 0.5) is 5.82 Å². The number of phenols is 1. The summed E-state index contributed by atoms with van der Waals surface area (Å²) < 4.78 is 23.4. The lowest BCUT2D eigenvalue weighted by atomic mass is 10.2. The quantitative estimate of drug-likeness (QED) is 0.745. The van der Waals surface area contributed by atoms with E-state index in [4.69, 9.17) is 0 Å². The number of aromatic nitrogens is 3. The van der Waals surface area contributed by atoms with E-state index in [2.05, 4.69) is 15.0 Å². The third-order valence-corrected chi connectivity index (χ3v) is 5.79. The molecule has 0 amide bonds. The molecule has 0 aliphatic carbocycles. The van der Waals surface area contributed by atoms with Crippen LogP contribution in [0, 0.1) is 0 Å². The Morgan fingerprint density at radius 3 is 2.60 bits per heavy atom. The minimum atomic E-state index is -2.98. The standard InChI is InChI=1S/C17H16N4O3S/c22-13-4-1-3-12(11-13)16-19-14-5-2-6-18-15(14)17(20-16)21-7-9-25(23,24)10-8-21/h1-6,11,22H,7-10H2. The Hall–Kier alpha value is -2.74. The van der Waals surface area contributed by atoms with Gasteiger partial charge in [-0.1, -0.05) is 12.1 Å². The van der Waals surface area contributed by atoms with Gasteiger partial charge in [-0.25, -0.2) is 18.4 Å². The number of hydrogen-bond acceptors (Lipinski definition) is 7. The first-order valence-electron chi connectivity index (χ1n) is 7.89.